The van der Waals surface area contributed by atoms with Gasteiger partial charge in [0.15, 0.2) is 0 Å². The summed E-state index contributed by atoms with van der Waals surface area (Å²) >= 11 is 0. The third kappa shape index (κ3) is 4.62. The second kappa shape index (κ2) is 9.00. The minimum atomic E-state index is -3.86. The van der Waals surface area contributed by atoms with Crippen molar-refractivity contribution in [1.82, 2.24) is 4.31 Å². The summed E-state index contributed by atoms with van der Waals surface area (Å²) in [6.07, 6.45) is 0. The van der Waals surface area contributed by atoms with Crippen molar-refractivity contribution >= 4 is 27.1 Å². The van der Waals surface area contributed by atoms with Gasteiger partial charge >= 0.3 is 0 Å². The van der Waals surface area contributed by atoms with Crippen molar-refractivity contribution in [2.24, 2.45) is 5.10 Å². The highest BCUT2D eigenvalue weighted by atomic mass is 32.2. The van der Waals surface area contributed by atoms with Gasteiger partial charge < -0.3 is 4.74 Å². The number of anilines is 1. The fourth-order valence-corrected chi connectivity index (χ4v) is 4.28. The molecule has 1 heterocycles. The van der Waals surface area contributed by atoms with Gasteiger partial charge in [0, 0.05) is 19.2 Å². The normalized spacial score (nSPS) is 15.4. The van der Waals surface area contributed by atoms with Gasteiger partial charge in [0.1, 0.15) is 5.69 Å². The van der Waals surface area contributed by atoms with E-state index in [1.807, 2.05) is 6.07 Å². The number of hydrogen-bond donors (Lipinski definition) is 1. The molecule has 0 spiro atoms. The van der Waals surface area contributed by atoms with Crippen LogP contribution in [0.1, 0.15) is 18.1 Å². The highest BCUT2D eigenvalue weighted by molar-refractivity contribution is 7.89. The van der Waals surface area contributed by atoms with Crippen LogP contribution < -0.4 is 5.43 Å². The molecule has 2 aromatic carbocycles. The lowest BCUT2D eigenvalue weighted by Crippen LogP contribution is -2.40. The summed E-state index contributed by atoms with van der Waals surface area (Å²) in [5.41, 5.74) is 4.07. The zero-order valence-electron chi connectivity index (χ0n) is 16.1. The minimum Gasteiger partial charge on any atom is -0.379 e. The molecule has 0 atom stereocenters. The molecule has 2 aromatic rings. The topological polar surface area (TPSA) is 138 Å². The molecule has 0 bridgehead atoms. The Morgan fingerprint density at radius 2 is 1.90 bits per heavy atom. The highest BCUT2D eigenvalue weighted by Gasteiger charge is 2.28. The smallest absolute Gasteiger partial charge is 0.295 e. The van der Waals surface area contributed by atoms with E-state index < -0.39 is 20.6 Å². The number of nitriles is 1. The fourth-order valence-electron chi connectivity index (χ4n) is 2.85. The average molecular weight is 429 g/mol. The van der Waals surface area contributed by atoms with Gasteiger partial charge in [0.25, 0.3) is 5.69 Å². The molecule has 1 aliphatic heterocycles. The standard InChI is InChI=1S/C19H19N5O5S/c1-14(16-4-2-15(13-20)3-5-16)21-22-18-7-6-17(12-19(18)24(25)26)30(27,28)23-8-10-29-11-9-23/h2-7,12,22H,8-11H2,1H3. The maximum atomic E-state index is 12.8. The van der Waals surface area contributed by atoms with E-state index in [-0.39, 0.29) is 36.9 Å². The maximum absolute atomic E-state index is 12.8. The van der Waals surface area contributed by atoms with Gasteiger partial charge in [0.2, 0.25) is 10.0 Å². The molecular formula is C19H19N5O5S. The summed E-state index contributed by atoms with van der Waals surface area (Å²) in [5, 5.41) is 24.5. The first-order chi connectivity index (χ1) is 14.3. The number of benzene rings is 2. The molecule has 0 saturated carbocycles. The van der Waals surface area contributed by atoms with Crippen molar-refractivity contribution in [3.63, 3.8) is 0 Å². The lowest BCUT2D eigenvalue weighted by molar-refractivity contribution is -0.384. The van der Waals surface area contributed by atoms with E-state index in [4.69, 9.17) is 10.00 Å². The Labute approximate surface area is 173 Å². The molecular weight excluding hydrogens is 410 g/mol. The molecule has 0 aromatic heterocycles. The van der Waals surface area contributed by atoms with Crippen LogP contribution in [0.15, 0.2) is 52.5 Å². The van der Waals surface area contributed by atoms with E-state index in [0.29, 0.717) is 11.3 Å². The van der Waals surface area contributed by atoms with E-state index in [0.717, 1.165) is 11.6 Å². The second-order valence-corrected chi connectivity index (χ2v) is 8.39. The lowest BCUT2D eigenvalue weighted by atomic mass is 10.1. The first-order valence-corrected chi connectivity index (χ1v) is 10.4. The Morgan fingerprint density at radius 1 is 1.23 bits per heavy atom. The number of rotatable bonds is 6. The van der Waals surface area contributed by atoms with E-state index in [1.54, 1.807) is 31.2 Å². The molecule has 1 fully saturated rings. The van der Waals surface area contributed by atoms with Crippen LogP contribution in [0.4, 0.5) is 11.4 Å². The molecule has 11 heteroatoms. The number of sulfonamides is 1. The van der Waals surface area contributed by atoms with Crippen molar-refractivity contribution < 1.29 is 18.1 Å². The monoisotopic (exact) mass is 429 g/mol. The number of nitrogens with one attached hydrogen (secondary N) is 1. The summed E-state index contributed by atoms with van der Waals surface area (Å²) in [5.74, 6) is 0. The van der Waals surface area contributed by atoms with Crippen molar-refractivity contribution in [1.29, 1.82) is 5.26 Å². The fraction of sp³-hybridized carbons (Fsp3) is 0.263. The summed E-state index contributed by atoms with van der Waals surface area (Å²) in [6.45, 7) is 2.67. The van der Waals surface area contributed by atoms with Gasteiger partial charge in [0.05, 0.1) is 40.4 Å². The van der Waals surface area contributed by atoms with Gasteiger partial charge in [-0.1, -0.05) is 12.1 Å². The molecule has 3 rings (SSSR count). The predicted octanol–water partition coefficient (Wildman–Crippen LogP) is 2.32. The van der Waals surface area contributed by atoms with Crippen molar-refractivity contribution in [2.45, 2.75) is 11.8 Å². The van der Waals surface area contributed by atoms with Crippen LogP contribution in [0.5, 0.6) is 0 Å². The van der Waals surface area contributed by atoms with Crippen molar-refractivity contribution in [3.05, 3.63) is 63.7 Å². The quantitative estimate of drug-likeness (QED) is 0.422. The van der Waals surface area contributed by atoms with Gasteiger partial charge in [-0.2, -0.15) is 14.7 Å². The molecule has 30 heavy (non-hydrogen) atoms. The SMILES string of the molecule is CC(=NNc1ccc(S(=O)(=O)N2CCOCC2)cc1[N+](=O)[O-])c1ccc(C#N)cc1. The van der Waals surface area contributed by atoms with E-state index in [2.05, 4.69) is 10.5 Å². The summed E-state index contributed by atoms with van der Waals surface area (Å²) < 4.78 is 31.9. The zero-order valence-corrected chi connectivity index (χ0v) is 16.9. The molecule has 0 amide bonds. The van der Waals surface area contributed by atoms with Crippen LogP contribution in [-0.4, -0.2) is 49.7 Å². The minimum absolute atomic E-state index is 0.0638. The van der Waals surface area contributed by atoms with Crippen LogP contribution in [0.2, 0.25) is 0 Å². The Hall–Kier alpha value is -3.33. The third-order valence-electron chi connectivity index (χ3n) is 4.55. The Kier molecular flexibility index (Phi) is 6.41. The van der Waals surface area contributed by atoms with Crippen molar-refractivity contribution in [2.75, 3.05) is 31.7 Å². The Morgan fingerprint density at radius 3 is 2.50 bits per heavy atom. The number of morpholine rings is 1. The molecule has 0 aliphatic carbocycles. The van der Waals surface area contributed by atoms with Crippen LogP contribution in [0.3, 0.4) is 0 Å². The number of nitrogens with zero attached hydrogens (tertiary/aromatic N) is 4. The molecule has 1 saturated heterocycles. The van der Waals surface area contributed by atoms with Gasteiger partial charge in [-0.15, -0.1) is 0 Å². The van der Waals surface area contributed by atoms with E-state index in [1.165, 1.54) is 16.4 Å². The van der Waals surface area contributed by atoms with Crippen LogP contribution in [0, 0.1) is 21.4 Å². The zero-order chi connectivity index (χ0) is 21.7. The van der Waals surface area contributed by atoms with Crippen LogP contribution in [-0.2, 0) is 14.8 Å². The number of nitro benzene ring substituents is 1. The first kappa shape index (κ1) is 21.4. The van der Waals surface area contributed by atoms with Crippen LogP contribution in [0.25, 0.3) is 0 Å². The van der Waals surface area contributed by atoms with Crippen molar-refractivity contribution in [3.8, 4) is 6.07 Å². The molecule has 10 nitrogen and oxygen atoms in total. The maximum Gasteiger partial charge on any atom is 0.295 e. The predicted molar refractivity (Wildman–Crippen MR) is 110 cm³/mol. The summed E-state index contributed by atoms with van der Waals surface area (Å²) in [4.78, 5) is 10.7. The Balaban J connectivity index is 1.86. The van der Waals surface area contributed by atoms with Gasteiger partial charge in [-0.25, -0.2) is 8.42 Å². The molecule has 1 aliphatic rings. The van der Waals surface area contributed by atoms with Crippen LogP contribution >= 0.6 is 0 Å². The van der Waals surface area contributed by atoms with Gasteiger partial charge in [-0.3, -0.25) is 15.5 Å². The number of ether oxygens (including phenoxy) is 1. The number of hydrazone groups is 1. The van der Waals surface area contributed by atoms with E-state index >= 15 is 0 Å². The van der Waals surface area contributed by atoms with E-state index in [9.17, 15) is 18.5 Å². The number of nitro groups is 1. The third-order valence-corrected chi connectivity index (χ3v) is 6.44. The largest absolute Gasteiger partial charge is 0.379 e. The average Bonchev–Trinajstić information content (AvgIpc) is 2.77. The second-order valence-electron chi connectivity index (χ2n) is 6.45. The highest BCUT2D eigenvalue weighted by Crippen LogP contribution is 2.29. The molecule has 1 N–H and O–H groups in total. The summed E-state index contributed by atoms with van der Waals surface area (Å²) in [6, 6.07) is 12.4. The molecule has 0 unspecified atom stereocenters. The number of hydrogen-bond acceptors (Lipinski definition) is 8. The lowest BCUT2D eigenvalue weighted by Gasteiger charge is -2.26. The summed E-state index contributed by atoms with van der Waals surface area (Å²) in [7, 11) is -3.86. The van der Waals surface area contributed by atoms with Gasteiger partial charge in [-0.05, 0) is 36.8 Å². The Bertz CT molecular complexity index is 1120. The first-order valence-electron chi connectivity index (χ1n) is 9.00. The molecule has 156 valence electrons. The molecule has 0 radical (unpaired) electrons.